The fourth-order valence-corrected chi connectivity index (χ4v) is 7.40. The number of methoxy groups -OCH3 is 2. The van der Waals surface area contributed by atoms with Gasteiger partial charge in [0, 0.05) is 71.3 Å². The number of ether oxygens (including phenoxy) is 2. The van der Waals surface area contributed by atoms with Crippen LogP contribution in [0.15, 0.2) is 48.8 Å². The second kappa shape index (κ2) is 15.3. The highest BCUT2D eigenvalue weighted by Crippen LogP contribution is 2.42. The van der Waals surface area contributed by atoms with Crippen molar-refractivity contribution in [2.24, 2.45) is 10.8 Å². The summed E-state index contributed by atoms with van der Waals surface area (Å²) in [5.74, 6) is 0.890. The Labute approximate surface area is 313 Å². The zero-order chi connectivity index (χ0) is 37.2. The van der Waals surface area contributed by atoms with Crippen molar-refractivity contribution in [3.05, 3.63) is 70.2 Å². The van der Waals surface area contributed by atoms with Gasteiger partial charge in [-0.3, -0.25) is 19.6 Å². The number of hydrogen-bond acceptors (Lipinski definition) is 10. The summed E-state index contributed by atoms with van der Waals surface area (Å²) in [6.45, 7) is 9.86. The lowest BCUT2D eigenvalue weighted by Gasteiger charge is -2.16. The molecule has 2 aromatic carbocycles. The molecule has 2 amide bonds. The van der Waals surface area contributed by atoms with Crippen LogP contribution in [0.3, 0.4) is 0 Å². The Morgan fingerprint density at radius 2 is 1.08 bits per heavy atom. The predicted octanol–water partition coefficient (Wildman–Crippen LogP) is 5.60. The summed E-state index contributed by atoms with van der Waals surface area (Å²) in [7, 11) is 3.11. The summed E-state index contributed by atoms with van der Waals surface area (Å²) in [6, 6.07) is 11.4. The smallest absolute Gasteiger partial charge is 0.237 e. The third-order valence-electron chi connectivity index (χ3n) is 9.63. The number of carbonyl (C=O) groups excluding carboxylic acids is 2. The first-order chi connectivity index (χ1) is 24.8. The van der Waals surface area contributed by atoms with Crippen molar-refractivity contribution >= 4 is 35.0 Å². The van der Waals surface area contributed by atoms with Crippen LogP contribution in [-0.4, -0.2) is 71.1 Å². The Balaban J connectivity index is 1.18. The van der Waals surface area contributed by atoms with Crippen molar-refractivity contribution in [3.63, 3.8) is 0 Å². The Kier molecular flexibility index (Phi) is 11.0. The first kappa shape index (κ1) is 37.4. The lowest BCUT2D eigenvalue weighted by Crippen LogP contribution is -2.35. The summed E-state index contributed by atoms with van der Waals surface area (Å²) in [6.07, 6.45) is 4.87. The number of amides is 2. The molecule has 2 fully saturated rings. The second-order valence-electron chi connectivity index (χ2n) is 14.5. The molecule has 52 heavy (non-hydrogen) atoms. The molecule has 274 valence electrons. The fourth-order valence-electron chi connectivity index (χ4n) is 6.76. The van der Waals surface area contributed by atoms with E-state index in [4.69, 9.17) is 42.6 Å². The number of benzene rings is 2. The number of nitrogens with zero attached hydrogens (tertiary/aromatic N) is 4. The Hall–Kier alpha value is -4.36. The van der Waals surface area contributed by atoms with Crippen LogP contribution in [0.25, 0.3) is 33.6 Å². The minimum Gasteiger partial charge on any atom is -0.480 e. The third kappa shape index (κ3) is 7.85. The van der Waals surface area contributed by atoms with E-state index >= 15 is 0 Å². The highest BCUT2D eigenvalue weighted by atomic mass is 35.5. The highest BCUT2D eigenvalue weighted by Gasteiger charge is 2.39. The van der Waals surface area contributed by atoms with Gasteiger partial charge in [0.15, 0.2) is 0 Å². The van der Waals surface area contributed by atoms with Crippen LogP contribution in [0.5, 0.6) is 11.8 Å². The standard InChI is InChI=1S/C38H44Cl2N8O4/c1-37(2)13-21(45-35(37)49)15-41-17-29-33(51-5)47-27(19-43-29)25-11-7-9-23(31(25)39)24-10-8-12-26(32(24)40)28-20-44-30(34(48-28)52-6)18-42-16-22-14-38(3,4)36(50)46-22/h7-12,19-22,41-42H,13-18H2,1-6H3,(H,45,49)(H,46,50)/t21-,22-/m0/s1. The van der Waals surface area contributed by atoms with E-state index in [1.54, 1.807) is 26.6 Å². The molecule has 0 aliphatic carbocycles. The monoisotopic (exact) mass is 746 g/mol. The van der Waals surface area contributed by atoms with Gasteiger partial charge in [0.1, 0.15) is 11.4 Å². The van der Waals surface area contributed by atoms with Crippen LogP contribution < -0.4 is 30.7 Å². The molecule has 0 radical (unpaired) electrons. The van der Waals surface area contributed by atoms with E-state index in [9.17, 15) is 9.59 Å². The van der Waals surface area contributed by atoms with Gasteiger partial charge in [-0.05, 0) is 12.8 Å². The molecular weight excluding hydrogens is 703 g/mol. The Bertz CT molecular complexity index is 1850. The number of nitrogens with one attached hydrogen (secondary N) is 4. The number of rotatable bonds is 13. The normalized spacial score (nSPS) is 19.0. The lowest BCUT2D eigenvalue weighted by molar-refractivity contribution is -0.126. The maximum Gasteiger partial charge on any atom is 0.237 e. The zero-order valence-corrected chi connectivity index (χ0v) is 31.7. The minimum atomic E-state index is -0.369. The summed E-state index contributed by atoms with van der Waals surface area (Å²) >= 11 is 14.1. The van der Waals surface area contributed by atoms with Crippen molar-refractivity contribution in [1.82, 2.24) is 41.2 Å². The van der Waals surface area contributed by atoms with Gasteiger partial charge >= 0.3 is 0 Å². The first-order valence-electron chi connectivity index (χ1n) is 17.2. The van der Waals surface area contributed by atoms with Crippen molar-refractivity contribution in [3.8, 4) is 45.4 Å². The Morgan fingerprint density at radius 3 is 1.42 bits per heavy atom. The van der Waals surface area contributed by atoms with E-state index in [-0.39, 0.29) is 34.7 Å². The van der Waals surface area contributed by atoms with Crippen LogP contribution in [-0.2, 0) is 22.7 Å². The van der Waals surface area contributed by atoms with Crippen LogP contribution >= 0.6 is 23.2 Å². The van der Waals surface area contributed by atoms with E-state index in [1.807, 2.05) is 64.1 Å². The summed E-state index contributed by atoms with van der Waals surface area (Å²) in [4.78, 5) is 43.1. The number of aromatic nitrogens is 4. The molecule has 0 bridgehead atoms. The Morgan fingerprint density at radius 1 is 0.692 bits per heavy atom. The van der Waals surface area contributed by atoms with Crippen molar-refractivity contribution in [2.45, 2.75) is 65.7 Å². The first-order valence-corrected chi connectivity index (χ1v) is 18.0. The molecule has 2 atom stereocenters. The van der Waals surface area contributed by atoms with E-state index < -0.39 is 0 Å². The maximum atomic E-state index is 12.2. The van der Waals surface area contributed by atoms with Gasteiger partial charge in [-0.2, -0.15) is 0 Å². The fraction of sp³-hybridized carbons (Fsp3) is 0.421. The van der Waals surface area contributed by atoms with Crippen LogP contribution in [0.4, 0.5) is 0 Å². The van der Waals surface area contributed by atoms with Crippen molar-refractivity contribution in [2.75, 3.05) is 27.3 Å². The zero-order valence-electron chi connectivity index (χ0n) is 30.2. The summed E-state index contributed by atoms with van der Waals surface area (Å²) in [5.41, 5.74) is 4.39. The van der Waals surface area contributed by atoms with E-state index in [1.165, 1.54) is 0 Å². The molecule has 4 aromatic rings. The molecule has 0 unspecified atom stereocenters. The molecule has 4 heterocycles. The van der Waals surface area contributed by atoms with Crippen LogP contribution in [0.2, 0.25) is 10.0 Å². The number of halogens is 2. The summed E-state index contributed by atoms with van der Waals surface area (Å²) < 4.78 is 11.2. The average molecular weight is 748 g/mol. The number of carbonyl (C=O) groups is 2. The van der Waals surface area contributed by atoms with Gasteiger partial charge in [-0.15, -0.1) is 0 Å². The van der Waals surface area contributed by atoms with E-state index in [2.05, 4.69) is 31.2 Å². The molecule has 4 N–H and O–H groups in total. The molecule has 2 aromatic heterocycles. The van der Waals surface area contributed by atoms with E-state index in [0.717, 1.165) is 12.8 Å². The average Bonchev–Trinajstić information content (AvgIpc) is 3.54. The minimum absolute atomic E-state index is 0.0512. The predicted molar refractivity (Wildman–Crippen MR) is 201 cm³/mol. The van der Waals surface area contributed by atoms with Crippen LogP contribution in [0, 0.1) is 10.8 Å². The largest absolute Gasteiger partial charge is 0.480 e. The van der Waals surface area contributed by atoms with Gasteiger partial charge in [0.05, 0.1) is 48.0 Å². The SMILES string of the molecule is COc1nc(-c2cccc(-c3cccc(-c4cnc(CNC[C@@H]5CC(C)(C)C(=O)N5)c(OC)n4)c3Cl)c2Cl)cnc1CNC[C@@H]1CC(C)(C)C(=O)N1. The molecular formula is C38H44Cl2N8O4. The van der Waals surface area contributed by atoms with Crippen LogP contribution in [0.1, 0.15) is 51.9 Å². The number of hydrogen-bond donors (Lipinski definition) is 4. The lowest BCUT2D eigenvalue weighted by atomic mass is 9.90. The van der Waals surface area contributed by atoms with Gasteiger partial charge in [0.2, 0.25) is 23.6 Å². The van der Waals surface area contributed by atoms with Gasteiger partial charge in [-0.1, -0.05) is 87.3 Å². The van der Waals surface area contributed by atoms with Gasteiger partial charge in [-0.25, -0.2) is 9.97 Å². The maximum absolute atomic E-state index is 12.2. The van der Waals surface area contributed by atoms with E-state index in [0.29, 0.717) is 93.0 Å². The van der Waals surface area contributed by atoms with Crippen molar-refractivity contribution in [1.29, 1.82) is 0 Å². The highest BCUT2D eigenvalue weighted by molar-refractivity contribution is 6.39. The quantitative estimate of drug-likeness (QED) is 0.136. The third-order valence-corrected chi connectivity index (χ3v) is 10.4. The molecule has 6 rings (SSSR count). The molecule has 2 aliphatic rings. The van der Waals surface area contributed by atoms with Crippen molar-refractivity contribution < 1.29 is 19.1 Å². The molecule has 14 heteroatoms. The molecule has 2 saturated heterocycles. The van der Waals surface area contributed by atoms with Gasteiger partial charge in [0.25, 0.3) is 0 Å². The van der Waals surface area contributed by atoms with Gasteiger partial charge < -0.3 is 30.7 Å². The molecule has 2 aliphatic heterocycles. The second-order valence-corrected chi connectivity index (χ2v) is 15.3. The summed E-state index contributed by atoms with van der Waals surface area (Å²) in [5, 5.41) is 13.7. The topological polar surface area (TPSA) is 152 Å². The molecule has 0 spiro atoms. The molecule has 12 nitrogen and oxygen atoms in total. The molecule has 0 saturated carbocycles.